The Morgan fingerprint density at radius 1 is 1.33 bits per heavy atom. The highest BCUT2D eigenvalue weighted by molar-refractivity contribution is 5.77. The quantitative estimate of drug-likeness (QED) is 0.703. The fourth-order valence-corrected chi connectivity index (χ4v) is 1.81. The molecule has 0 aliphatic heterocycles. The van der Waals surface area contributed by atoms with Crippen molar-refractivity contribution in [2.75, 3.05) is 26.8 Å². The van der Waals surface area contributed by atoms with Gasteiger partial charge in [-0.2, -0.15) is 5.10 Å². The van der Waals surface area contributed by atoms with Crippen molar-refractivity contribution in [2.45, 2.75) is 6.54 Å². The molecule has 0 atom stereocenters. The van der Waals surface area contributed by atoms with E-state index in [0.29, 0.717) is 19.7 Å². The fraction of sp³-hybridized carbons (Fsp3) is 0.333. The molecule has 0 saturated heterocycles. The smallest absolute Gasteiger partial charge is 0.234 e. The highest BCUT2D eigenvalue weighted by Crippen LogP contribution is 2.07. The summed E-state index contributed by atoms with van der Waals surface area (Å²) in [5.74, 6) is -0.0430. The van der Waals surface area contributed by atoms with Gasteiger partial charge >= 0.3 is 0 Å². The van der Waals surface area contributed by atoms with Crippen molar-refractivity contribution >= 4 is 5.91 Å². The van der Waals surface area contributed by atoms with Crippen molar-refractivity contribution < 1.29 is 9.53 Å². The SMILES string of the molecule is COCCNCC(=O)NCc1cnn(-c2ccccc2)c1. The van der Waals surface area contributed by atoms with E-state index in [9.17, 15) is 4.79 Å². The monoisotopic (exact) mass is 288 g/mol. The Balaban J connectivity index is 1.77. The van der Waals surface area contributed by atoms with Gasteiger partial charge in [0.2, 0.25) is 5.91 Å². The van der Waals surface area contributed by atoms with Gasteiger partial charge in [0, 0.05) is 32.0 Å². The van der Waals surface area contributed by atoms with E-state index in [1.54, 1.807) is 18.0 Å². The number of methoxy groups -OCH3 is 1. The molecule has 2 N–H and O–H groups in total. The summed E-state index contributed by atoms with van der Waals surface area (Å²) in [5.41, 5.74) is 1.96. The van der Waals surface area contributed by atoms with E-state index in [0.717, 1.165) is 11.3 Å². The number of hydrogen-bond donors (Lipinski definition) is 2. The number of benzene rings is 1. The average Bonchev–Trinajstić information content (AvgIpc) is 2.99. The first-order chi connectivity index (χ1) is 10.3. The Bertz CT molecular complexity index is 554. The molecule has 2 rings (SSSR count). The molecule has 0 aliphatic carbocycles. The molecule has 21 heavy (non-hydrogen) atoms. The van der Waals surface area contributed by atoms with Crippen LogP contribution in [-0.4, -0.2) is 42.5 Å². The minimum absolute atomic E-state index is 0.0430. The summed E-state index contributed by atoms with van der Waals surface area (Å²) >= 11 is 0. The van der Waals surface area contributed by atoms with Crippen LogP contribution in [-0.2, 0) is 16.1 Å². The van der Waals surface area contributed by atoms with Crippen LogP contribution < -0.4 is 10.6 Å². The number of carbonyl (C=O) groups excluding carboxylic acids is 1. The number of nitrogens with zero attached hydrogens (tertiary/aromatic N) is 2. The average molecular weight is 288 g/mol. The molecule has 1 aromatic heterocycles. The van der Waals surface area contributed by atoms with Crippen LogP contribution in [0.25, 0.3) is 5.69 Å². The van der Waals surface area contributed by atoms with Crippen molar-refractivity contribution in [3.63, 3.8) is 0 Å². The first kappa shape index (κ1) is 15.2. The lowest BCUT2D eigenvalue weighted by Crippen LogP contribution is -2.34. The van der Waals surface area contributed by atoms with Crippen LogP contribution in [0.2, 0.25) is 0 Å². The van der Waals surface area contributed by atoms with Crippen molar-refractivity contribution in [1.82, 2.24) is 20.4 Å². The molecule has 6 heteroatoms. The first-order valence-electron chi connectivity index (χ1n) is 6.85. The van der Waals surface area contributed by atoms with Gasteiger partial charge in [-0.3, -0.25) is 4.79 Å². The summed E-state index contributed by atoms with van der Waals surface area (Å²) in [6.07, 6.45) is 3.67. The lowest BCUT2D eigenvalue weighted by atomic mass is 10.3. The van der Waals surface area contributed by atoms with Gasteiger partial charge in [0.25, 0.3) is 0 Å². The minimum atomic E-state index is -0.0430. The van der Waals surface area contributed by atoms with Gasteiger partial charge in [-0.1, -0.05) is 18.2 Å². The number of hydrogen-bond acceptors (Lipinski definition) is 4. The maximum absolute atomic E-state index is 11.6. The molecule has 0 aliphatic rings. The molecule has 0 bridgehead atoms. The van der Waals surface area contributed by atoms with E-state index >= 15 is 0 Å². The van der Waals surface area contributed by atoms with Crippen molar-refractivity contribution in [1.29, 1.82) is 0 Å². The van der Waals surface area contributed by atoms with Crippen molar-refractivity contribution in [3.05, 3.63) is 48.3 Å². The van der Waals surface area contributed by atoms with E-state index in [1.807, 2.05) is 36.5 Å². The predicted molar refractivity (Wildman–Crippen MR) is 80.2 cm³/mol. The number of amides is 1. The summed E-state index contributed by atoms with van der Waals surface area (Å²) in [6, 6.07) is 9.85. The third-order valence-corrected chi connectivity index (χ3v) is 2.92. The zero-order valence-corrected chi connectivity index (χ0v) is 12.1. The molecular weight excluding hydrogens is 268 g/mol. The second-order valence-electron chi connectivity index (χ2n) is 4.58. The molecule has 1 amide bonds. The Morgan fingerprint density at radius 2 is 2.14 bits per heavy atom. The van der Waals surface area contributed by atoms with Gasteiger partial charge in [-0.25, -0.2) is 4.68 Å². The number of para-hydroxylation sites is 1. The highest BCUT2D eigenvalue weighted by atomic mass is 16.5. The number of nitrogens with one attached hydrogen (secondary N) is 2. The van der Waals surface area contributed by atoms with Crippen LogP contribution in [0.5, 0.6) is 0 Å². The normalized spacial score (nSPS) is 10.5. The van der Waals surface area contributed by atoms with Crippen molar-refractivity contribution in [3.8, 4) is 5.69 Å². The molecule has 1 heterocycles. The third-order valence-electron chi connectivity index (χ3n) is 2.92. The fourth-order valence-electron chi connectivity index (χ4n) is 1.81. The topological polar surface area (TPSA) is 68.2 Å². The minimum Gasteiger partial charge on any atom is -0.383 e. The summed E-state index contributed by atoms with van der Waals surface area (Å²) in [7, 11) is 1.63. The Hall–Kier alpha value is -2.18. The molecule has 0 radical (unpaired) electrons. The van der Waals surface area contributed by atoms with Gasteiger partial charge in [0.15, 0.2) is 0 Å². The molecule has 0 fully saturated rings. The van der Waals surface area contributed by atoms with E-state index in [-0.39, 0.29) is 12.5 Å². The second kappa shape index (κ2) is 8.18. The molecule has 6 nitrogen and oxygen atoms in total. The lowest BCUT2D eigenvalue weighted by Gasteiger charge is -2.05. The Morgan fingerprint density at radius 3 is 2.90 bits per heavy atom. The Labute approximate surface area is 124 Å². The van der Waals surface area contributed by atoms with Crippen LogP contribution in [0.1, 0.15) is 5.56 Å². The van der Waals surface area contributed by atoms with Crippen LogP contribution in [0.3, 0.4) is 0 Å². The van der Waals surface area contributed by atoms with Gasteiger partial charge in [0.05, 0.1) is 25.0 Å². The molecule has 112 valence electrons. The summed E-state index contributed by atoms with van der Waals surface area (Å²) in [5, 5.41) is 10.1. The van der Waals surface area contributed by atoms with Gasteiger partial charge in [0.1, 0.15) is 0 Å². The summed E-state index contributed by atoms with van der Waals surface area (Å²) in [4.78, 5) is 11.6. The molecule has 0 spiro atoms. The maximum atomic E-state index is 11.6. The first-order valence-corrected chi connectivity index (χ1v) is 6.85. The molecule has 0 saturated carbocycles. The molecule has 0 unspecified atom stereocenters. The van der Waals surface area contributed by atoms with Gasteiger partial charge in [-0.05, 0) is 12.1 Å². The molecular formula is C15H20N4O2. The third kappa shape index (κ3) is 5.02. The predicted octanol–water partition coefficient (Wildman–Crippen LogP) is 0.725. The van der Waals surface area contributed by atoms with Crippen LogP contribution in [0.15, 0.2) is 42.7 Å². The van der Waals surface area contributed by atoms with Crippen LogP contribution >= 0.6 is 0 Å². The van der Waals surface area contributed by atoms with Crippen LogP contribution in [0, 0.1) is 0 Å². The van der Waals surface area contributed by atoms with Crippen LogP contribution in [0.4, 0.5) is 0 Å². The Kier molecular flexibility index (Phi) is 5.93. The van der Waals surface area contributed by atoms with Gasteiger partial charge < -0.3 is 15.4 Å². The van der Waals surface area contributed by atoms with Crippen molar-refractivity contribution in [2.24, 2.45) is 0 Å². The number of aromatic nitrogens is 2. The van der Waals surface area contributed by atoms with E-state index in [1.165, 1.54) is 0 Å². The maximum Gasteiger partial charge on any atom is 0.234 e. The summed E-state index contributed by atoms with van der Waals surface area (Å²) in [6.45, 7) is 2.01. The second-order valence-corrected chi connectivity index (χ2v) is 4.58. The zero-order chi connectivity index (χ0) is 14.9. The largest absolute Gasteiger partial charge is 0.383 e. The van der Waals surface area contributed by atoms with E-state index in [2.05, 4.69) is 15.7 Å². The summed E-state index contributed by atoms with van der Waals surface area (Å²) < 4.78 is 6.68. The van der Waals surface area contributed by atoms with E-state index in [4.69, 9.17) is 4.74 Å². The van der Waals surface area contributed by atoms with Gasteiger partial charge in [-0.15, -0.1) is 0 Å². The number of ether oxygens (including phenoxy) is 1. The zero-order valence-electron chi connectivity index (χ0n) is 12.1. The van der Waals surface area contributed by atoms with E-state index < -0.39 is 0 Å². The number of rotatable bonds is 8. The molecule has 2 aromatic rings. The number of carbonyl (C=O) groups is 1. The molecule has 1 aromatic carbocycles. The lowest BCUT2D eigenvalue weighted by molar-refractivity contribution is -0.120. The standard InChI is InChI=1S/C15H20N4O2/c1-21-8-7-16-11-15(20)17-9-13-10-18-19(12-13)14-5-3-2-4-6-14/h2-6,10,12,16H,7-9,11H2,1H3,(H,17,20). The highest BCUT2D eigenvalue weighted by Gasteiger charge is 2.03.